The fourth-order valence-corrected chi connectivity index (χ4v) is 2.84. The zero-order chi connectivity index (χ0) is 14.4. The average molecular weight is 340 g/mol. The summed E-state index contributed by atoms with van der Waals surface area (Å²) in [6.45, 7) is 5.85. The molecule has 110 valence electrons. The van der Waals surface area contributed by atoms with Gasteiger partial charge in [0, 0.05) is 23.8 Å². The van der Waals surface area contributed by atoms with Crippen LogP contribution in [0.15, 0.2) is 22.8 Å². The van der Waals surface area contributed by atoms with E-state index in [0.717, 1.165) is 37.1 Å². The molecule has 1 N–H and O–H groups in total. The normalized spacial score (nSPS) is 18.8. The van der Waals surface area contributed by atoms with Crippen LogP contribution in [0.2, 0.25) is 0 Å². The molecule has 5 heteroatoms. The summed E-state index contributed by atoms with van der Waals surface area (Å²) in [5.41, 5.74) is 0.533. The van der Waals surface area contributed by atoms with Crippen LogP contribution in [0.5, 0.6) is 0 Å². The van der Waals surface area contributed by atoms with E-state index in [2.05, 4.69) is 33.2 Å². The number of piperidine rings is 1. The Hall–Kier alpha value is -0.940. The highest BCUT2D eigenvalue weighted by atomic mass is 79.9. The predicted octanol–water partition coefficient (Wildman–Crippen LogP) is 2.70. The monoisotopic (exact) mass is 339 g/mol. The number of carbonyl (C=O) groups is 1. The molecule has 4 nitrogen and oxygen atoms in total. The third-order valence-electron chi connectivity index (χ3n) is 3.60. The molecule has 0 aliphatic carbocycles. The summed E-state index contributed by atoms with van der Waals surface area (Å²) in [5.74, 6) is 0.611. The van der Waals surface area contributed by atoms with Gasteiger partial charge in [0.1, 0.15) is 5.69 Å². The van der Waals surface area contributed by atoms with Gasteiger partial charge in [0.2, 0.25) is 0 Å². The minimum Gasteiger partial charge on any atom is -0.337 e. The lowest BCUT2D eigenvalue weighted by Crippen LogP contribution is -2.41. The Kier molecular flexibility index (Phi) is 5.98. The zero-order valence-electron chi connectivity index (χ0n) is 11.9. The van der Waals surface area contributed by atoms with Crippen molar-refractivity contribution in [3.63, 3.8) is 0 Å². The first-order chi connectivity index (χ1) is 9.70. The second-order valence-electron chi connectivity index (χ2n) is 5.33. The van der Waals surface area contributed by atoms with E-state index in [4.69, 9.17) is 0 Å². The third-order valence-corrected chi connectivity index (χ3v) is 4.07. The van der Waals surface area contributed by atoms with E-state index < -0.39 is 0 Å². The zero-order valence-corrected chi connectivity index (χ0v) is 13.5. The summed E-state index contributed by atoms with van der Waals surface area (Å²) in [5, 5.41) is 3.41. The van der Waals surface area contributed by atoms with Gasteiger partial charge >= 0.3 is 0 Å². The highest BCUT2D eigenvalue weighted by Gasteiger charge is 2.21. The van der Waals surface area contributed by atoms with Gasteiger partial charge in [0.25, 0.3) is 5.91 Å². The third kappa shape index (κ3) is 4.28. The van der Waals surface area contributed by atoms with Gasteiger partial charge in [-0.25, -0.2) is 4.98 Å². The first-order valence-electron chi connectivity index (χ1n) is 7.32. The molecular formula is C15H22BrN3O. The number of carbonyl (C=O) groups excluding carboxylic acids is 1. The van der Waals surface area contributed by atoms with Gasteiger partial charge in [0.05, 0.1) is 0 Å². The van der Waals surface area contributed by atoms with Gasteiger partial charge < -0.3 is 10.2 Å². The molecule has 1 aromatic heterocycles. The Balaban J connectivity index is 2.02. The van der Waals surface area contributed by atoms with Crippen LogP contribution in [0.1, 0.15) is 36.7 Å². The Morgan fingerprint density at radius 1 is 1.55 bits per heavy atom. The number of amides is 1. The van der Waals surface area contributed by atoms with Crippen molar-refractivity contribution in [3.8, 4) is 0 Å². The van der Waals surface area contributed by atoms with Crippen LogP contribution in [0.4, 0.5) is 0 Å². The molecule has 1 amide bonds. The van der Waals surface area contributed by atoms with E-state index in [1.807, 2.05) is 11.0 Å². The summed E-state index contributed by atoms with van der Waals surface area (Å²) in [4.78, 5) is 18.7. The molecule has 1 saturated heterocycles. The van der Waals surface area contributed by atoms with Crippen molar-refractivity contribution in [2.24, 2.45) is 5.92 Å². The molecule has 2 heterocycles. The van der Waals surface area contributed by atoms with Gasteiger partial charge in [-0.15, -0.1) is 0 Å². The van der Waals surface area contributed by atoms with Crippen LogP contribution in [0, 0.1) is 5.92 Å². The first kappa shape index (κ1) is 15.4. The molecule has 20 heavy (non-hydrogen) atoms. The van der Waals surface area contributed by atoms with E-state index in [-0.39, 0.29) is 5.91 Å². The minimum absolute atomic E-state index is 0.0462. The molecule has 0 radical (unpaired) electrons. The fraction of sp³-hybridized carbons (Fsp3) is 0.600. The molecule has 1 aliphatic rings. The van der Waals surface area contributed by atoms with Crippen LogP contribution in [0.3, 0.4) is 0 Å². The number of pyridine rings is 1. The SMILES string of the molecule is CCCN(CC1CCCNC1)C(=O)c1ccc(Br)cn1. The van der Waals surface area contributed by atoms with E-state index >= 15 is 0 Å². The van der Waals surface area contributed by atoms with Crippen molar-refractivity contribution < 1.29 is 4.79 Å². The fourth-order valence-electron chi connectivity index (χ4n) is 2.60. The Morgan fingerprint density at radius 2 is 2.40 bits per heavy atom. The van der Waals surface area contributed by atoms with Crippen molar-refractivity contribution in [1.29, 1.82) is 0 Å². The van der Waals surface area contributed by atoms with Crippen LogP contribution in [0.25, 0.3) is 0 Å². The second kappa shape index (κ2) is 7.74. The van der Waals surface area contributed by atoms with Crippen molar-refractivity contribution in [2.75, 3.05) is 26.2 Å². The minimum atomic E-state index is 0.0462. The largest absolute Gasteiger partial charge is 0.337 e. The van der Waals surface area contributed by atoms with E-state index in [0.29, 0.717) is 11.6 Å². The van der Waals surface area contributed by atoms with Crippen molar-refractivity contribution >= 4 is 21.8 Å². The predicted molar refractivity (Wildman–Crippen MR) is 83.7 cm³/mol. The maximum atomic E-state index is 12.5. The first-order valence-corrected chi connectivity index (χ1v) is 8.11. The van der Waals surface area contributed by atoms with Crippen LogP contribution >= 0.6 is 15.9 Å². The van der Waals surface area contributed by atoms with Gasteiger partial charge in [-0.05, 0) is 66.3 Å². The lowest BCUT2D eigenvalue weighted by atomic mass is 9.99. The number of aromatic nitrogens is 1. The molecule has 0 saturated carbocycles. The molecule has 1 aromatic rings. The Morgan fingerprint density at radius 3 is 3.00 bits per heavy atom. The van der Waals surface area contributed by atoms with Crippen molar-refractivity contribution in [1.82, 2.24) is 15.2 Å². The molecule has 1 fully saturated rings. The van der Waals surface area contributed by atoms with E-state index in [1.54, 1.807) is 12.3 Å². The Bertz CT molecular complexity index is 429. The standard InChI is InChI=1S/C15H22BrN3O/c1-2-8-19(11-12-4-3-7-17-9-12)15(20)14-6-5-13(16)10-18-14/h5-6,10,12,17H,2-4,7-9,11H2,1H3. The maximum Gasteiger partial charge on any atom is 0.272 e. The average Bonchev–Trinajstić information content (AvgIpc) is 2.48. The Labute approximate surface area is 129 Å². The number of hydrogen-bond acceptors (Lipinski definition) is 3. The highest BCUT2D eigenvalue weighted by molar-refractivity contribution is 9.10. The van der Waals surface area contributed by atoms with Crippen LogP contribution < -0.4 is 5.32 Å². The lowest BCUT2D eigenvalue weighted by molar-refractivity contribution is 0.0713. The summed E-state index contributed by atoms with van der Waals surface area (Å²) in [6.07, 6.45) is 5.06. The molecule has 0 aromatic carbocycles. The number of hydrogen-bond donors (Lipinski definition) is 1. The van der Waals surface area contributed by atoms with Crippen LogP contribution in [-0.4, -0.2) is 42.0 Å². The van der Waals surface area contributed by atoms with Gasteiger partial charge in [-0.3, -0.25) is 4.79 Å². The molecule has 1 aliphatic heterocycles. The summed E-state index contributed by atoms with van der Waals surface area (Å²) in [6, 6.07) is 3.65. The van der Waals surface area contributed by atoms with Gasteiger partial charge in [-0.1, -0.05) is 6.92 Å². The molecule has 1 unspecified atom stereocenters. The quantitative estimate of drug-likeness (QED) is 0.896. The summed E-state index contributed by atoms with van der Waals surface area (Å²) >= 11 is 3.35. The van der Waals surface area contributed by atoms with Gasteiger partial charge in [-0.2, -0.15) is 0 Å². The smallest absolute Gasteiger partial charge is 0.272 e. The molecule has 0 spiro atoms. The number of halogens is 1. The number of nitrogens with one attached hydrogen (secondary N) is 1. The highest BCUT2D eigenvalue weighted by Crippen LogP contribution is 2.15. The summed E-state index contributed by atoms with van der Waals surface area (Å²) in [7, 11) is 0. The van der Waals surface area contributed by atoms with Crippen molar-refractivity contribution in [2.45, 2.75) is 26.2 Å². The van der Waals surface area contributed by atoms with E-state index in [9.17, 15) is 4.79 Å². The van der Waals surface area contributed by atoms with Gasteiger partial charge in [0.15, 0.2) is 0 Å². The summed E-state index contributed by atoms with van der Waals surface area (Å²) < 4.78 is 0.896. The molecule has 0 bridgehead atoms. The number of rotatable bonds is 5. The number of nitrogens with zero attached hydrogens (tertiary/aromatic N) is 2. The van der Waals surface area contributed by atoms with E-state index in [1.165, 1.54) is 12.8 Å². The maximum absolute atomic E-state index is 12.5. The topological polar surface area (TPSA) is 45.2 Å². The lowest BCUT2D eigenvalue weighted by Gasteiger charge is -2.30. The van der Waals surface area contributed by atoms with Crippen LogP contribution in [-0.2, 0) is 0 Å². The second-order valence-corrected chi connectivity index (χ2v) is 6.24. The molecule has 1 atom stereocenters. The molecular weight excluding hydrogens is 318 g/mol. The van der Waals surface area contributed by atoms with Crippen molar-refractivity contribution in [3.05, 3.63) is 28.5 Å². The molecule has 2 rings (SSSR count).